The molecule has 0 unspecified atom stereocenters. The second kappa shape index (κ2) is 5.82. The molecule has 0 saturated heterocycles. The van der Waals surface area contributed by atoms with Crippen molar-refractivity contribution in [2.75, 3.05) is 7.11 Å². The second-order valence-electron chi connectivity index (χ2n) is 3.67. The minimum absolute atomic E-state index is 0.522. The molecule has 1 heterocycles. The molecule has 0 radical (unpaired) electrons. The van der Waals surface area contributed by atoms with Crippen LogP contribution in [0.15, 0.2) is 45.8 Å². The summed E-state index contributed by atoms with van der Waals surface area (Å²) in [6.07, 6.45) is 2.82. The van der Waals surface area contributed by atoms with E-state index in [0.717, 1.165) is 17.5 Å². The van der Waals surface area contributed by atoms with Crippen molar-refractivity contribution >= 4 is 12.4 Å². The van der Waals surface area contributed by atoms with Gasteiger partial charge >= 0.3 is 0 Å². The fraction of sp³-hybridized carbons (Fsp3) is 0.143. The van der Waals surface area contributed by atoms with Gasteiger partial charge in [-0.1, -0.05) is 18.2 Å². The number of nitrogens with zero attached hydrogens (tertiary/aromatic N) is 1. The van der Waals surface area contributed by atoms with Gasteiger partial charge < -0.3 is 14.6 Å². The van der Waals surface area contributed by atoms with Crippen LogP contribution in [-0.2, 0) is 6.54 Å². The average Bonchev–Trinajstić information content (AvgIpc) is 2.87. The quantitative estimate of drug-likeness (QED) is 0.819. The summed E-state index contributed by atoms with van der Waals surface area (Å²) >= 11 is 0. The van der Waals surface area contributed by atoms with Crippen LogP contribution in [0.25, 0.3) is 0 Å². The first-order valence-electron chi connectivity index (χ1n) is 5.55. The Balaban J connectivity index is 2.04. The fourth-order valence-electron chi connectivity index (χ4n) is 1.58. The van der Waals surface area contributed by atoms with Crippen molar-refractivity contribution in [3.8, 4) is 5.75 Å². The van der Waals surface area contributed by atoms with Crippen LogP contribution in [0.1, 0.15) is 17.1 Å². The van der Waals surface area contributed by atoms with E-state index in [1.54, 1.807) is 25.5 Å². The molecule has 4 heteroatoms. The number of benzene rings is 1. The standard InChI is InChI=1S/C14H14N2O2/c1-17-14-5-3-2-4-11(14)9-16-10-13-7-6-12(8-15)18-13/h2-8,10,15H,9H2,1H3/b15-8?,16-10+. The lowest BCUT2D eigenvalue weighted by Crippen LogP contribution is -1.90. The third kappa shape index (κ3) is 2.85. The minimum Gasteiger partial charge on any atom is -0.496 e. The minimum atomic E-state index is 0.522. The third-order valence-electron chi connectivity index (χ3n) is 2.46. The van der Waals surface area contributed by atoms with E-state index < -0.39 is 0 Å². The summed E-state index contributed by atoms with van der Waals surface area (Å²) in [6, 6.07) is 11.3. The molecule has 0 bridgehead atoms. The molecule has 0 aliphatic rings. The van der Waals surface area contributed by atoms with Gasteiger partial charge in [-0.15, -0.1) is 0 Å². The molecule has 92 valence electrons. The molecular formula is C14H14N2O2. The van der Waals surface area contributed by atoms with Gasteiger partial charge in [-0.3, -0.25) is 4.99 Å². The van der Waals surface area contributed by atoms with E-state index >= 15 is 0 Å². The van der Waals surface area contributed by atoms with E-state index in [2.05, 4.69) is 4.99 Å². The van der Waals surface area contributed by atoms with Crippen LogP contribution in [0.4, 0.5) is 0 Å². The summed E-state index contributed by atoms with van der Waals surface area (Å²) in [4.78, 5) is 4.29. The number of furan rings is 1. The second-order valence-corrected chi connectivity index (χ2v) is 3.67. The van der Waals surface area contributed by atoms with Crippen molar-refractivity contribution in [3.63, 3.8) is 0 Å². The maximum absolute atomic E-state index is 7.04. The Morgan fingerprint density at radius 2 is 2.00 bits per heavy atom. The van der Waals surface area contributed by atoms with Crippen molar-refractivity contribution in [1.29, 1.82) is 5.41 Å². The Morgan fingerprint density at radius 3 is 2.72 bits per heavy atom. The van der Waals surface area contributed by atoms with Gasteiger partial charge in [0.2, 0.25) is 0 Å². The lowest BCUT2D eigenvalue weighted by Gasteiger charge is -2.04. The molecule has 1 N–H and O–H groups in total. The van der Waals surface area contributed by atoms with Gasteiger partial charge in [0.25, 0.3) is 0 Å². The number of aliphatic imine (C=N–C) groups is 1. The van der Waals surface area contributed by atoms with Crippen LogP contribution in [0.5, 0.6) is 5.75 Å². The highest BCUT2D eigenvalue weighted by atomic mass is 16.5. The maximum atomic E-state index is 7.04. The molecular weight excluding hydrogens is 228 g/mol. The van der Waals surface area contributed by atoms with Crippen molar-refractivity contribution < 1.29 is 9.15 Å². The zero-order valence-electron chi connectivity index (χ0n) is 10.1. The van der Waals surface area contributed by atoms with E-state index in [4.69, 9.17) is 14.6 Å². The van der Waals surface area contributed by atoms with Gasteiger partial charge in [-0.25, -0.2) is 0 Å². The van der Waals surface area contributed by atoms with Gasteiger partial charge in [0.1, 0.15) is 17.3 Å². The number of hydrogen-bond donors (Lipinski definition) is 1. The van der Waals surface area contributed by atoms with Gasteiger partial charge in [-0.05, 0) is 18.2 Å². The third-order valence-corrected chi connectivity index (χ3v) is 2.46. The van der Waals surface area contributed by atoms with E-state index in [1.807, 2.05) is 24.3 Å². The van der Waals surface area contributed by atoms with Crippen molar-refractivity contribution in [2.24, 2.45) is 4.99 Å². The van der Waals surface area contributed by atoms with Crippen molar-refractivity contribution in [1.82, 2.24) is 0 Å². The zero-order chi connectivity index (χ0) is 12.8. The van der Waals surface area contributed by atoms with Gasteiger partial charge in [0.15, 0.2) is 0 Å². The van der Waals surface area contributed by atoms with Crippen LogP contribution >= 0.6 is 0 Å². The Bertz CT molecular complexity index is 558. The number of para-hydroxylation sites is 1. The van der Waals surface area contributed by atoms with E-state index in [0.29, 0.717) is 18.1 Å². The molecule has 0 aliphatic heterocycles. The van der Waals surface area contributed by atoms with Crippen molar-refractivity contribution in [3.05, 3.63) is 53.5 Å². The summed E-state index contributed by atoms with van der Waals surface area (Å²) in [5.41, 5.74) is 1.02. The number of ether oxygens (including phenoxy) is 1. The van der Waals surface area contributed by atoms with E-state index in [9.17, 15) is 0 Å². The number of rotatable bonds is 5. The molecule has 18 heavy (non-hydrogen) atoms. The molecule has 2 rings (SSSR count). The Hall–Kier alpha value is -2.36. The fourth-order valence-corrected chi connectivity index (χ4v) is 1.58. The summed E-state index contributed by atoms with van der Waals surface area (Å²) in [5.74, 6) is 1.99. The SMILES string of the molecule is COc1ccccc1C/N=C/c1ccc(C=N)o1. The molecule has 0 spiro atoms. The van der Waals surface area contributed by atoms with Crippen LogP contribution in [0.2, 0.25) is 0 Å². The van der Waals surface area contributed by atoms with E-state index in [1.165, 1.54) is 0 Å². The molecule has 1 aromatic heterocycles. The number of hydrogen-bond acceptors (Lipinski definition) is 4. The number of methoxy groups -OCH3 is 1. The van der Waals surface area contributed by atoms with Crippen LogP contribution in [0, 0.1) is 5.41 Å². The lowest BCUT2D eigenvalue weighted by molar-refractivity contribution is 0.410. The van der Waals surface area contributed by atoms with E-state index in [-0.39, 0.29) is 0 Å². The average molecular weight is 242 g/mol. The predicted octanol–water partition coefficient (Wildman–Crippen LogP) is 2.90. The van der Waals surface area contributed by atoms with Crippen LogP contribution in [0.3, 0.4) is 0 Å². The zero-order valence-corrected chi connectivity index (χ0v) is 10.1. The summed E-state index contributed by atoms with van der Waals surface area (Å²) in [6.45, 7) is 0.532. The maximum Gasteiger partial charge on any atom is 0.145 e. The molecule has 0 aliphatic carbocycles. The summed E-state index contributed by atoms with van der Waals surface area (Å²) < 4.78 is 10.5. The first-order valence-corrected chi connectivity index (χ1v) is 5.55. The molecule has 2 aromatic rings. The first-order chi connectivity index (χ1) is 8.83. The molecule has 1 aromatic carbocycles. The highest BCUT2D eigenvalue weighted by Crippen LogP contribution is 2.17. The van der Waals surface area contributed by atoms with Gasteiger partial charge in [0, 0.05) is 5.56 Å². The first kappa shape index (κ1) is 12.1. The van der Waals surface area contributed by atoms with Gasteiger partial charge in [-0.2, -0.15) is 0 Å². The molecule has 0 saturated carbocycles. The topological polar surface area (TPSA) is 58.6 Å². The highest BCUT2D eigenvalue weighted by molar-refractivity contribution is 5.79. The van der Waals surface area contributed by atoms with Crippen LogP contribution in [-0.4, -0.2) is 19.5 Å². The van der Waals surface area contributed by atoms with Gasteiger partial charge in [0.05, 0.1) is 26.1 Å². The molecule has 4 nitrogen and oxygen atoms in total. The van der Waals surface area contributed by atoms with Crippen molar-refractivity contribution in [2.45, 2.75) is 6.54 Å². The normalized spacial score (nSPS) is 10.7. The molecule has 0 fully saturated rings. The lowest BCUT2D eigenvalue weighted by atomic mass is 10.2. The Labute approximate surface area is 105 Å². The largest absolute Gasteiger partial charge is 0.496 e. The highest BCUT2D eigenvalue weighted by Gasteiger charge is 2.00. The van der Waals surface area contributed by atoms with Crippen LogP contribution < -0.4 is 4.74 Å². The summed E-state index contributed by atoms with van der Waals surface area (Å²) in [5, 5.41) is 7.04. The Kier molecular flexibility index (Phi) is 3.91. The number of nitrogens with one attached hydrogen (secondary N) is 1. The monoisotopic (exact) mass is 242 g/mol. The molecule has 0 atom stereocenters. The summed E-state index contributed by atoms with van der Waals surface area (Å²) in [7, 11) is 1.64. The molecule has 0 amide bonds. The predicted molar refractivity (Wildman–Crippen MR) is 70.9 cm³/mol. The smallest absolute Gasteiger partial charge is 0.145 e. The Morgan fingerprint density at radius 1 is 1.22 bits per heavy atom.